The molecule has 0 spiro atoms. The number of carbonyl (C=O) groups excluding carboxylic acids is 1. The molecule has 1 aromatic heterocycles. The summed E-state index contributed by atoms with van der Waals surface area (Å²) in [5.74, 6) is 1.49. The van der Waals surface area contributed by atoms with E-state index in [0.717, 1.165) is 4.57 Å². The van der Waals surface area contributed by atoms with Gasteiger partial charge in [0.25, 0.3) is 5.82 Å². The van der Waals surface area contributed by atoms with E-state index in [1.807, 2.05) is 30.3 Å². The molecule has 0 fully saturated rings. The number of alkyl halides is 2. The topological polar surface area (TPSA) is 35.1 Å². The predicted octanol–water partition coefficient (Wildman–Crippen LogP) is 2.31. The number of fused-ring (bicyclic) bond motifs is 1. The third-order valence-corrected chi connectivity index (χ3v) is 4.82. The highest BCUT2D eigenvalue weighted by Crippen LogP contribution is 2.23. The molecule has 0 aliphatic rings. The van der Waals surface area contributed by atoms with Crippen molar-refractivity contribution in [2.24, 2.45) is 0 Å². The van der Waals surface area contributed by atoms with Crippen LogP contribution in [0.1, 0.15) is 22.7 Å². The molecule has 0 aliphatic heterocycles. The Balaban J connectivity index is 0.00000256. The fraction of sp³-hybridized carbons (Fsp3) is 0.130. The number of nitrogens with zero attached hydrogens (tertiary/aromatic N) is 2. The van der Waals surface area contributed by atoms with E-state index in [1.54, 1.807) is 60.0 Å². The van der Waals surface area contributed by atoms with E-state index in [0.29, 0.717) is 33.9 Å². The van der Waals surface area contributed by atoms with Crippen molar-refractivity contribution >= 4 is 16.8 Å². The molecule has 0 saturated carbocycles. The molecule has 7 heteroatoms. The summed E-state index contributed by atoms with van der Waals surface area (Å²) in [6.07, 6.45) is 0. The average molecular weight is 473 g/mol. The molecule has 0 atom stereocenters. The van der Waals surface area contributed by atoms with Gasteiger partial charge in [-0.1, -0.05) is 30.3 Å². The molecule has 3 aromatic carbocycles. The summed E-state index contributed by atoms with van der Waals surface area (Å²) in [5, 5.41) is 0. The quantitative estimate of drug-likeness (QED) is 0.319. The lowest BCUT2D eigenvalue weighted by atomic mass is 10.1. The number of aromatic nitrogens is 2. The van der Waals surface area contributed by atoms with Crippen molar-refractivity contribution in [3.8, 4) is 11.5 Å². The highest BCUT2D eigenvalue weighted by molar-refractivity contribution is 5.95. The lowest BCUT2D eigenvalue weighted by Crippen LogP contribution is -3.00. The Morgan fingerprint density at radius 2 is 1.53 bits per heavy atom. The number of rotatable bonds is 6. The zero-order valence-electron chi connectivity index (χ0n) is 16.1. The number of hydrogen-bond acceptors (Lipinski definition) is 2. The van der Waals surface area contributed by atoms with E-state index < -0.39 is 6.55 Å². The molecule has 0 unspecified atom stereocenters. The second-order valence-corrected chi connectivity index (χ2v) is 6.63. The third kappa shape index (κ3) is 4.26. The number of hydrogen-bond donors (Lipinski definition) is 0. The van der Waals surface area contributed by atoms with Gasteiger partial charge in [-0.3, -0.25) is 4.79 Å². The first-order chi connectivity index (χ1) is 14.0. The average Bonchev–Trinajstić information content (AvgIpc) is 3.01. The zero-order chi connectivity index (χ0) is 20.4. The van der Waals surface area contributed by atoms with Crippen LogP contribution >= 0.6 is 0 Å². The van der Waals surface area contributed by atoms with Crippen molar-refractivity contribution in [3.63, 3.8) is 0 Å². The van der Waals surface area contributed by atoms with Crippen LogP contribution < -0.4 is 26.3 Å². The minimum Gasteiger partial charge on any atom is -1.00 e. The molecule has 30 heavy (non-hydrogen) atoms. The summed E-state index contributed by atoms with van der Waals surface area (Å²) in [6, 6.07) is 23.0. The summed E-state index contributed by atoms with van der Waals surface area (Å²) in [5.41, 5.74) is 1.49. The first kappa shape index (κ1) is 21.6. The molecule has 4 nitrogen and oxygen atoms in total. The maximum Gasteiger partial charge on any atom is 0.387 e. The lowest BCUT2D eigenvalue weighted by molar-refractivity contribution is -0.664. The maximum atomic E-state index is 13.5. The molecule has 0 saturated heterocycles. The normalized spacial score (nSPS) is 10.8. The van der Waals surface area contributed by atoms with Crippen molar-refractivity contribution in [3.05, 3.63) is 90.3 Å². The molecule has 0 radical (unpaired) electrons. The van der Waals surface area contributed by atoms with Crippen LogP contribution in [0.5, 0.6) is 11.5 Å². The van der Waals surface area contributed by atoms with E-state index >= 15 is 0 Å². The Morgan fingerprint density at radius 1 is 0.933 bits per heavy atom. The number of carbonyl (C=O) groups is 1. The Bertz CT molecular complexity index is 1160. The molecule has 154 valence electrons. The smallest absolute Gasteiger partial charge is 0.387 e. The fourth-order valence-electron chi connectivity index (χ4n) is 3.39. The minimum absolute atomic E-state index is 0. The van der Waals surface area contributed by atoms with E-state index in [2.05, 4.69) is 0 Å². The zero-order valence-corrected chi connectivity index (χ0v) is 17.7. The molecule has 0 bridgehead atoms. The highest BCUT2D eigenvalue weighted by Gasteiger charge is 2.28. The van der Waals surface area contributed by atoms with E-state index in [-0.39, 0.29) is 29.3 Å². The summed E-state index contributed by atoms with van der Waals surface area (Å²) < 4.78 is 35.3. The third-order valence-electron chi connectivity index (χ3n) is 4.82. The van der Waals surface area contributed by atoms with Gasteiger partial charge in [0.2, 0.25) is 5.78 Å². The van der Waals surface area contributed by atoms with Crippen LogP contribution in [0.15, 0.2) is 78.9 Å². The van der Waals surface area contributed by atoms with Crippen molar-refractivity contribution in [1.82, 2.24) is 4.57 Å². The Kier molecular flexibility index (Phi) is 6.62. The van der Waals surface area contributed by atoms with Gasteiger partial charge in [-0.2, -0.15) is 13.3 Å². The predicted molar refractivity (Wildman–Crippen MR) is 105 cm³/mol. The van der Waals surface area contributed by atoms with Crippen LogP contribution in [0, 0.1) is 6.92 Å². The summed E-state index contributed by atoms with van der Waals surface area (Å²) in [6.45, 7) is -1.10. The first-order valence-corrected chi connectivity index (χ1v) is 9.18. The largest absolute Gasteiger partial charge is 1.00 e. The fourth-order valence-corrected chi connectivity index (χ4v) is 3.39. The standard InChI is InChI=1S/C23H19F2N2O2.BrH/c1-16-26(20-9-5-6-10-21(20)27(16)23(24)25)15-22(28)17-11-13-19(14-12-17)29-18-7-3-2-4-8-18;/h2-14,23H,15H2,1H3;1H/q+1;/p-1. The van der Waals surface area contributed by atoms with Gasteiger partial charge in [0, 0.05) is 12.5 Å². The minimum atomic E-state index is -2.68. The van der Waals surface area contributed by atoms with Crippen LogP contribution in [0.25, 0.3) is 11.0 Å². The number of halogens is 3. The van der Waals surface area contributed by atoms with Gasteiger partial charge in [0.15, 0.2) is 17.6 Å². The summed E-state index contributed by atoms with van der Waals surface area (Å²) in [7, 11) is 0. The Morgan fingerprint density at radius 3 is 2.20 bits per heavy atom. The van der Waals surface area contributed by atoms with Crippen molar-refractivity contribution in [1.29, 1.82) is 0 Å². The molecule has 0 N–H and O–H groups in total. The molecular weight excluding hydrogens is 454 g/mol. The van der Waals surface area contributed by atoms with Crippen LogP contribution in [-0.4, -0.2) is 10.4 Å². The Labute approximate surface area is 183 Å². The SMILES string of the molecule is Cc1n(C(F)F)c2ccccc2[n+]1CC(=O)c1ccc(Oc2ccccc2)cc1.[Br-]. The lowest BCUT2D eigenvalue weighted by Gasteiger charge is -2.06. The van der Waals surface area contributed by atoms with Crippen LogP contribution in [-0.2, 0) is 6.54 Å². The number of ether oxygens (including phenoxy) is 1. The number of Topliss-reactive ketones (excluding diaryl/α,β-unsaturated/α-hetero) is 1. The number of ketones is 1. The van der Waals surface area contributed by atoms with E-state index in [1.165, 1.54) is 0 Å². The number of para-hydroxylation sites is 3. The molecule has 1 heterocycles. The van der Waals surface area contributed by atoms with Gasteiger partial charge in [0.1, 0.15) is 11.5 Å². The monoisotopic (exact) mass is 472 g/mol. The molecule has 0 aliphatic carbocycles. The van der Waals surface area contributed by atoms with Gasteiger partial charge in [0.05, 0.1) is 0 Å². The van der Waals surface area contributed by atoms with Gasteiger partial charge in [-0.15, -0.1) is 0 Å². The molecule has 4 rings (SSSR count). The second kappa shape index (κ2) is 9.17. The number of benzene rings is 3. The van der Waals surface area contributed by atoms with E-state index in [9.17, 15) is 13.6 Å². The highest BCUT2D eigenvalue weighted by atomic mass is 79.9. The molecule has 4 aromatic rings. The van der Waals surface area contributed by atoms with E-state index in [4.69, 9.17) is 4.74 Å². The van der Waals surface area contributed by atoms with Crippen molar-refractivity contribution in [2.45, 2.75) is 20.0 Å². The summed E-state index contributed by atoms with van der Waals surface area (Å²) in [4.78, 5) is 12.8. The first-order valence-electron chi connectivity index (χ1n) is 9.18. The van der Waals surface area contributed by atoms with Crippen molar-refractivity contribution < 1.29 is 39.9 Å². The van der Waals surface area contributed by atoms with Crippen LogP contribution in [0.4, 0.5) is 8.78 Å². The van der Waals surface area contributed by atoms with Gasteiger partial charge < -0.3 is 21.7 Å². The van der Waals surface area contributed by atoms with Crippen LogP contribution in [0.2, 0.25) is 0 Å². The second-order valence-electron chi connectivity index (χ2n) is 6.63. The van der Waals surface area contributed by atoms with Gasteiger partial charge >= 0.3 is 6.55 Å². The van der Waals surface area contributed by atoms with Gasteiger partial charge in [-0.05, 0) is 48.5 Å². The number of imidazole rings is 1. The molecule has 0 amide bonds. The molecular formula is C23H19BrF2N2O2. The van der Waals surface area contributed by atoms with Crippen molar-refractivity contribution in [2.75, 3.05) is 0 Å². The van der Waals surface area contributed by atoms with Crippen LogP contribution in [0.3, 0.4) is 0 Å². The maximum absolute atomic E-state index is 13.5. The van der Waals surface area contributed by atoms with Gasteiger partial charge in [-0.25, -0.2) is 4.57 Å². The summed E-state index contributed by atoms with van der Waals surface area (Å²) >= 11 is 0. The Hall–Kier alpha value is -3.06.